The molecular weight excluding hydrogens is 287 g/mol. The minimum atomic E-state index is -5.52. The second kappa shape index (κ2) is 6.07. The zero-order chi connectivity index (χ0) is 9.00. The van der Waals surface area contributed by atoms with E-state index in [-0.39, 0.29) is 9.90 Å². The van der Waals surface area contributed by atoms with Crippen molar-refractivity contribution >= 4 is 20.3 Å². The first-order valence-corrected chi connectivity index (χ1v) is 6.23. The van der Waals surface area contributed by atoms with Crippen LogP contribution in [0.5, 0.6) is 0 Å². The van der Waals surface area contributed by atoms with E-state index in [4.69, 9.17) is 31.8 Å². The number of hydrogen-bond acceptors (Lipinski definition) is 4. The van der Waals surface area contributed by atoms with Crippen molar-refractivity contribution in [3.63, 3.8) is 0 Å². The molecule has 0 bridgehead atoms. The van der Waals surface area contributed by atoms with Gasteiger partial charge in [-0.1, -0.05) is 0 Å². The van der Waals surface area contributed by atoms with E-state index in [1.807, 2.05) is 0 Å². The fourth-order valence-corrected chi connectivity index (χ4v) is 0. The molecule has 0 heterocycles. The first-order valence-electron chi connectivity index (χ1n) is 1.40. The summed E-state index contributed by atoms with van der Waals surface area (Å²) in [5.41, 5.74) is 0. The summed E-state index contributed by atoms with van der Waals surface area (Å²) < 4.78 is 63.6. The van der Waals surface area contributed by atoms with Crippen molar-refractivity contribution in [2.45, 2.75) is 0 Å². The van der Waals surface area contributed by atoms with Crippen molar-refractivity contribution in [2.24, 2.45) is 0 Å². The molecule has 0 saturated heterocycles. The third kappa shape index (κ3) is 2940. The quantitative estimate of drug-likeness (QED) is 0.229. The molecule has 1 unspecified atom stereocenters. The van der Waals surface area contributed by atoms with Crippen LogP contribution in [0, 0.1) is 0 Å². The molecule has 0 aliphatic heterocycles. The van der Waals surface area contributed by atoms with Gasteiger partial charge < -0.3 is 0 Å². The molecule has 11 heteroatoms. The first kappa shape index (κ1) is 17.6. The summed E-state index contributed by atoms with van der Waals surface area (Å²) in [5.74, 6) is 0. The molecule has 0 aromatic heterocycles. The van der Waals surface area contributed by atoms with Crippen LogP contribution in [-0.2, 0) is 33.9 Å². The van der Waals surface area contributed by atoms with E-state index in [0.717, 1.165) is 0 Å². The van der Waals surface area contributed by atoms with Gasteiger partial charge in [-0.3, -0.25) is 9.11 Å². The van der Waals surface area contributed by atoms with Gasteiger partial charge >= 0.3 is 41.5 Å². The summed E-state index contributed by atoms with van der Waals surface area (Å²) in [6.07, 6.45) is 0. The molecule has 0 aromatic rings. The molecule has 1 atom stereocenters. The topological polar surface area (TPSA) is 149 Å². The molecule has 0 fully saturated rings. The van der Waals surface area contributed by atoms with Crippen molar-refractivity contribution in [2.75, 3.05) is 0 Å². The van der Waals surface area contributed by atoms with Crippen molar-refractivity contribution in [3.05, 3.63) is 0 Å². The summed E-state index contributed by atoms with van der Waals surface area (Å²) in [6, 6.07) is 0. The molecule has 8 nitrogen and oxygen atoms in total. The fourth-order valence-electron chi connectivity index (χ4n) is 0. The maximum atomic E-state index is 8.85. The van der Waals surface area contributed by atoms with Gasteiger partial charge in [-0.25, -0.2) is 0 Å². The van der Waals surface area contributed by atoms with Gasteiger partial charge in [0.1, 0.15) is 0 Å². The van der Waals surface area contributed by atoms with Gasteiger partial charge in [-0.15, -0.1) is 0 Å². The molecule has 0 amide bonds. The Morgan fingerprint density at radius 3 is 1.00 bits per heavy atom. The van der Waals surface area contributed by atoms with Crippen molar-refractivity contribution in [1.82, 2.24) is 0 Å². The van der Waals surface area contributed by atoms with Gasteiger partial charge in [0.15, 0.2) is 0 Å². The third-order valence-electron chi connectivity index (χ3n) is 0. The standard InChI is InChI=1S/Mo.H2O4S.2H2O.2O.H3P/c;1-5(2,3)4;;;;;/h;(H2,1,2,3,4);2*1H2;;;1H3/q+2;;;;;;/p-2. The number of hydrogen-bond donors (Lipinski definition) is 4. The molecule has 4 N–H and O–H groups in total. The van der Waals surface area contributed by atoms with Gasteiger partial charge in [0.2, 0.25) is 0 Å². The van der Waals surface area contributed by atoms with E-state index in [9.17, 15) is 0 Å². The Morgan fingerprint density at radius 2 is 1.00 bits per heavy atom. The van der Waals surface area contributed by atoms with Crippen LogP contribution in [-0.4, -0.2) is 25.0 Å². The van der Waals surface area contributed by atoms with Crippen LogP contribution < -0.4 is 0 Å². The van der Waals surface area contributed by atoms with Crippen LogP contribution in [0.2, 0.25) is 0 Å². The van der Waals surface area contributed by atoms with E-state index in [1.54, 1.807) is 0 Å². The summed E-state index contributed by atoms with van der Waals surface area (Å²) in [4.78, 5) is 0. The molecule has 0 rings (SSSR count). The van der Waals surface area contributed by atoms with E-state index < -0.39 is 27.1 Å². The average molecular weight is 294 g/mol. The molecule has 0 aromatic carbocycles. The second-order valence-corrected chi connectivity index (χ2v) is 3.99. The van der Waals surface area contributed by atoms with Crippen LogP contribution in [0.4, 0.5) is 0 Å². The van der Waals surface area contributed by atoms with Crippen molar-refractivity contribution in [1.29, 1.82) is 0 Å². The summed E-state index contributed by atoms with van der Waals surface area (Å²) in [7, 11) is -4.67. The van der Waals surface area contributed by atoms with Crippen molar-refractivity contribution in [3.8, 4) is 0 Å². The summed E-state index contributed by atoms with van der Waals surface area (Å²) >= 11 is -5.52. The average Bonchev–Trinajstić information content (AvgIpc) is 1.12. The van der Waals surface area contributed by atoms with Gasteiger partial charge in [0.05, 0.1) is 0 Å². The molecule has 0 radical (unpaired) electrons. The van der Waals surface area contributed by atoms with E-state index in [1.165, 1.54) is 0 Å². The van der Waals surface area contributed by atoms with Gasteiger partial charge in [-0.2, -0.15) is 18.3 Å². The monoisotopic (exact) mass is 296 g/mol. The van der Waals surface area contributed by atoms with Crippen LogP contribution >= 0.6 is 9.90 Å². The van der Waals surface area contributed by atoms with Crippen LogP contribution in [0.25, 0.3) is 0 Å². The van der Waals surface area contributed by atoms with Gasteiger partial charge in [0.25, 0.3) is 0 Å². The van der Waals surface area contributed by atoms with Crippen LogP contribution in [0.1, 0.15) is 0 Å². The summed E-state index contributed by atoms with van der Waals surface area (Å²) in [5, 5.41) is 0. The third-order valence-corrected chi connectivity index (χ3v) is 0. The van der Waals surface area contributed by atoms with E-state index in [0.29, 0.717) is 0 Å². The Kier molecular flexibility index (Phi) is 9.69. The molecule has 11 heavy (non-hydrogen) atoms. The first-order chi connectivity index (χ1) is 4.00. The Morgan fingerprint density at radius 1 is 1.00 bits per heavy atom. The molecule has 72 valence electrons. The number of rotatable bonds is 0. The molecule has 0 spiro atoms. The Labute approximate surface area is 69.2 Å². The Balaban J connectivity index is -0.000000107. The molecule has 0 aliphatic carbocycles. The molecular formula is H7MoO8PS. The Hall–Kier alpha value is 0.508. The van der Waals surface area contributed by atoms with Crippen LogP contribution in [0.15, 0.2) is 0 Å². The predicted octanol–water partition coefficient (Wildman–Crippen LogP) is -1.95. The zero-order valence-corrected chi connectivity index (χ0v) is 9.18. The minimum absolute atomic E-state index is 0. The molecule has 0 saturated carbocycles. The summed E-state index contributed by atoms with van der Waals surface area (Å²) in [6.45, 7) is 0. The maximum absolute atomic E-state index is 8.85. The van der Waals surface area contributed by atoms with E-state index in [2.05, 4.69) is 0 Å². The normalized spacial score (nSPS) is 10.5. The predicted molar refractivity (Wildman–Crippen MR) is 31.1 cm³/mol. The SMILES string of the molecule is O=S(=O)(O)O.P.[O]=[Mo](=[O])([OH])[OH]. The zero-order valence-electron chi connectivity index (χ0n) is 4.95. The molecule has 0 aliphatic rings. The van der Waals surface area contributed by atoms with Crippen LogP contribution in [0.3, 0.4) is 0 Å². The van der Waals surface area contributed by atoms with E-state index >= 15 is 0 Å². The van der Waals surface area contributed by atoms with Gasteiger partial charge in [0, 0.05) is 0 Å². The van der Waals surface area contributed by atoms with Gasteiger partial charge in [-0.05, 0) is 0 Å². The second-order valence-electron chi connectivity index (χ2n) is 0.896. The van der Waals surface area contributed by atoms with Crippen molar-refractivity contribution < 1.29 is 48.6 Å². The Bertz CT molecular complexity index is 210. The fraction of sp³-hybridized carbons (Fsp3) is 0.